The Morgan fingerprint density at radius 2 is 1.79 bits per heavy atom. The summed E-state index contributed by atoms with van der Waals surface area (Å²) in [6.45, 7) is -0.108. The van der Waals surface area contributed by atoms with E-state index in [2.05, 4.69) is 9.97 Å². The van der Waals surface area contributed by atoms with Crippen molar-refractivity contribution < 1.29 is 13.9 Å². The number of carbonyl (C=O) groups excluding carboxylic acids is 1. The summed E-state index contributed by atoms with van der Waals surface area (Å²) >= 11 is 2.92. The molecule has 19 heavy (non-hydrogen) atoms. The van der Waals surface area contributed by atoms with E-state index in [1.54, 1.807) is 23.4 Å². The van der Waals surface area contributed by atoms with Crippen molar-refractivity contribution in [2.24, 2.45) is 0 Å². The first-order valence-corrected chi connectivity index (χ1v) is 7.28. The number of thiazole rings is 2. The molecule has 0 unspecified atom stereocenters. The van der Waals surface area contributed by atoms with Crippen LogP contribution in [-0.4, -0.2) is 34.2 Å². The summed E-state index contributed by atoms with van der Waals surface area (Å²) in [7, 11) is 0. The molecule has 0 bridgehead atoms. The van der Waals surface area contributed by atoms with Crippen LogP contribution in [0.2, 0.25) is 0 Å². The van der Waals surface area contributed by atoms with Crippen LogP contribution in [0.1, 0.15) is 9.75 Å². The minimum absolute atomic E-state index is 0.222. The molecule has 0 aromatic carbocycles. The van der Waals surface area contributed by atoms with Crippen molar-refractivity contribution in [1.82, 2.24) is 14.9 Å². The predicted molar refractivity (Wildman–Crippen MR) is 70.8 cm³/mol. The Hall–Kier alpha value is -1.54. The van der Waals surface area contributed by atoms with Gasteiger partial charge in [0.2, 0.25) is 0 Å². The zero-order valence-corrected chi connectivity index (χ0v) is 11.6. The van der Waals surface area contributed by atoms with E-state index >= 15 is 0 Å². The fourth-order valence-electron chi connectivity index (χ4n) is 1.42. The van der Waals surface area contributed by atoms with Gasteiger partial charge >= 0.3 is 6.09 Å². The summed E-state index contributed by atoms with van der Waals surface area (Å²) in [5, 5.41) is 0. The number of hydrogen-bond acceptors (Lipinski definition) is 6. The van der Waals surface area contributed by atoms with E-state index in [0.717, 1.165) is 9.75 Å². The lowest BCUT2D eigenvalue weighted by Gasteiger charge is -2.20. The number of ether oxygens (including phenoxy) is 1. The third-order valence-corrected chi connectivity index (χ3v) is 3.75. The SMILES string of the molecule is O=C(OCCF)N(Cc1cncs1)Cc1cncs1. The average Bonchev–Trinajstić information content (AvgIpc) is 3.08. The van der Waals surface area contributed by atoms with Crippen molar-refractivity contribution in [1.29, 1.82) is 0 Å². The van der Waals surface area contributed by atoms with Crippen molar-refractivity contribution in [2.45, 2.75) is 13.1 Å². The summed E-state index contributed by atoms with van der Waals surface area (Å²) < 4.78 is 16.9. The van der Waals surface area contributed by atoms with E-state index in [0.29, 0.717) is 13.1 Å². The van der Waals surface area contributed by atoms with Gasteiger partial charge in [-0.25, -0.2) is 9.18 Å². The van der Waals surface area contributed by atoms with Crippen molar-refractivity contribution in [2.75, 3.05) is 13.3 Å². The van der Waals surface area contributed by atoms with Gasteiger partial charge in [0.15, 0.2) is 0 Å². The highest BCUT2D eigenvalue weighted by molar-refractivity contribution is 7.09. The van der Waals surface area contributed by atoms with E-state index in [9.17, 15) is 9.18 Å². The van der Waals surface area contributed by atoms with E-state index in [1.807, 2.05) is 0 Å². The largest absolute Gasteiger partial charge is 0.447 e. The van der Waals surface area contributed by atoms with Gasteiger partial charge < -0.3 is 4.74 Å². The van der Waals surface area contributed by atoms with Crippen LogP contribution in [-0.2, 0) is 17.8 Å². The number of aromatic nitrogens is 2. The number of amides is 1. The van der Waals surface area contributed by atoms with Crippen LogP contribution in [0.3, 0.4) is 0 Å². The van der Waals surface area contributed by atoms with Crippen LogP contribution in [0, 0.1) is 0 Å². The van der Waals surface area contributed by atoms with Gasteiger partial charge in [-0.2, -0.15) is 0 Å². The second-order valence-electron chi connectivity index (χ2n) is 3.59. The molecule has 8 heteroatoms. The molecule has 0 aliphatic rings. The van der Waals surface area contributed by atoms with E-state index in [-0.39, 0.29) is 6.61 Å². The van der Waals surface area contributed by atoms with Crippen LogP contribution >= 0.6 is 22.7 Å². The fraction of sp³-hybridized carbons (Fsp3) is 0.364. The first kappa shape index (κ1) is 13.9. The molecule has 0 N–H and O–H groups in total. The Morgan fingerprint density at radius 1 is 1.21 bits per heavy atom. The van der Waals surface area contributed by atoms with Crippen LogP contribution in [0.5, 0.6) is 0 Å². The molecule has 2 aromatic rings. The molecule has 102 valence electrons. The third-order valence-electron chi connectivity index (χ3n) is 2.22. The van der Waals surface area contributed by atoms with Crippen LogP contribution in [0.25, 0.3) is 0 Å². The normalized spacial score (nSPS) is 10.4. The van der Waals surface area contributed by atoms with Crippen LogP contribution < -0.4 is 0 Å². The minimum atomic E-state index is -0.680. The van der Waals surface area contributed by atoms with Gasteiger partial charge in [0.1, 0.15) is 13.3 Å². The van der Waals surface area contributed by atoms with Gasteiger partial charge in [-0.15, -0.1) is 22.7 Å². The molecule has 2 rings (SSSR count). The maximum absolute atomic E-state index is 12.1. The first-order chi connectivity index (χ1) is 9.29. The van der Waals surface area contributed by atoms with Gasteiger partial charge in [0, 0.05) is 22.1 Å². The zero-order chi connectivity index (χ0) is 13.5. The monoisotopic (exact) mass is 301 g/mol. The first-order valence-electron chi connectivity index (χ1n) is 5.52. The van der Waals surface area contributed by atoms with Crippen molar-refractivity contribution in [3.05, 3.63) is 33.2 Å². The topological polar surface area (TPSA) is 55.3 Å². The van der Waals surface area contributed by atoms with Gasteiger partial charge in [0.05, 0.1) is 24.1 Å². The molecular weight excluding hydrogens is 289 g/mol. The molecule has 5 nitrogen and oxygen atoms in total. The third kappa shape index (κ3) is 4.25. The highest BCUT2D eigenvalue weighted by Crippen LogP contribution is 2.16. The maximum Gasteiger partial charge on any atom is 0.410 e. The molecule has 0 fully saturated rings. The molecular formula is C11H12FN3O2S2. The van der Waals surface area contributed by atoms with Crippen molar-refractivity contribution in [3.63, 3.8) is 0 Å². The number of hydrogen-bond donors (Lipinski definition) is 0. The second-order valence-corrected chi connectivity index (χ2v) is 5.54. The predicted octanol–water partition coefficient (Wildman–Crippen LogP) is 2.71. The Kier molecular flexibility index (Phi) is 5.22. The van der Waals surface area contributed by atoms with Gasteiger partial charge in [-0.3, -0.25) is 14.9 Å². The van der Waals surface area contributed by atoms with Gasteiger partial charge in [-0.05, 0) is 0 Å². The summed E-state index contributed by atoms with van der Waals surface area (Å²) in [4.78, 5) is 23.2. The summed E-state index contributed by atoms with van der Waals surface area (Å²) in [6.07, 6.45) is 2.87. The summed E-state index contributed by atoms with van der Waals surface area (Å²) in [5.41, 5.74) is 3.40. The average molecular weight is 301 g/mol. The number of rotatable bonds is 6. The Morgan fingerprint density at radius 3 is 2.21 bits per heavy atom. The molecule has 0 aliphatic carbocycles. The van der Waals surface area contributed by atoms with Gasteiger partial charge in [-0.1, -0.05) is 0 Å². The fourth-order valence-corrected chi connectivity index (χ4v) is 2.64. The molecule has 0 saturated carbocycles. The Balaban J connectivity index is 2.01. The number of halogens is 1. The molecule has 0 aliphatic heterocycles. The number of carbonyl (C=O) groups is 1. The molecule has 2 aromatic heterocycles. The minimum Gasteiger partial charge on any atom is -0.447 e. The summed E-state index contributed by atoms with van der Waals surface area (Å²) in [5.74, 6) is 0. The zero-order valence-electron chi connectivity index (χ0n) is 9.99. The standard InChI is InChI=1S/C11H12FN3O2S2/c12-1-2-17-11(16)15(5-9-3-13-7-18-9)6-10-4-14-8-19-10/h3-4,7-8H,1-2,5-6H2. The van der Waals surface area contributed by atoms with Crippen LogP contribution in [0.15, 0.2) is 23.4 Å². The lowest BCUT2D eigenvalue weighted by molar-refractivity contribution is 0.0920. The van der Waals surface area contributed by atoms with Crippen molar-refractivity contribution >= 4 is 28.8 Å². The Bertz CT molecular complexity index is 454. The molecule has 0 spiro atoms. The van der Waals surface area contributed by atoms with E-state index in [1.165, 1.54) is 27.6 Å². The molecule has 0 saturated heterocycles. The van der Waals surface area contributed by atoms with Crippen molar-refractivity contribution in [3.8, 4) is 0 Å². The Labute approximate surface area is 117 Å². The molecule has 1 amide bonds. The highest BCUT2D eigenvalue weighted by Gasteiger charge is 2.17. The molecule has 0 atom stereocenters. The lowest BCUT2D eigenvalue weighted by Crippen LogP contribution is -2.30. The quantitative estimate of drug-likeness (QED) is 0.823. The van der Waals surface area contributed by atoms with E-state index in [4.69, 9.17) is 4.74 Å². The molecule has 0 radical (unpaired) electrons. The van der Waals surface area contributed by atoms with Crippen LogP contribution in [0.4, 0.5) is 9.18 Å². The number of nitrogens with zero attached hydrogens (tertiary/aromatic N) is 3. The maximum atomic E-state index is 12.1. The highest BCUT2D eigenvalue weighted by atomic mass is 32.1. The van der Waals surface area contributed by atoms with Gasteiger partial charge in [0.25, 0.3) is 0 Å². The summed E-state index contributed by atoms with van der Waals surface area (Å²) in [6, 6.07) is 0. The molecule has 2 heterocycles. The van der Waals surface area contributed by atoms with E-state index < -0.39 is 12.8 Å². The lowest BCUT2D eigenvalue weighted by atomic mass is 10.4. The number of alkyl halides is 1. The second kappa shape index (κ2) is 7.15. The smallest absolute Gasteiger partial charge is 0.410 e.